The van der Waals surface area contributed by atoms with Gasteiger partial charge in [0.2, 0.25) is 11.8 Å². The smallest absolute Gasteiger partial charge is 0.306 e. The first-order valence-corrected chi connectivity index (χ1v) is 19.5. The Morgan fingerprint density at radius 2 is 1.34 bits per heavy atom. The van der Waals surface area contributed by atoms with Crippen LogP contribution in [-0.2, 0) is 34.3 Å². The predicted octanol–water partition coefficient (Wildman–Crippen LogP) is 6.90. The SMILES string of the molecule is C#CCCCCC(=O)NCCCCCC(=O)N1CCC(COC(=O)CCC(=O)O)(COC(c2ccccc2)(c2ccc(OC)cc2)c2ccc(OC)cc2)CC1. The molecule has 0 aromatic heterocycles. The first kappa shape index (κ1) is 43.4. The number of carboxylic acids is 1. The summed E-state index contributed by atoms with van der Waals surface area (Å²) in [5, 5.41) is 12.1. The molecule has 0 aliphatic carbocycles. The molecule has 1 aliphatic rings. The third-order valence-corrected chi connectivity index (χ3v) is 10.4. The normalized spacial score (nSPS) is 13.6. The van der Waals surface area contributed by atoms with Crippen LogP contribution in [0.25, 0.3) is 0 Å². The highest BCUT2D eigenvalue weighted by Crippen LogP contribution is 2.44. The number of aliphatic carboxylic acids is 1. The van der Waals surface area contributed by atoms with Crippen LogP contribution in [-0.4, -0.2) is 80.8 Å². The number of terminal acetylenes is 1. The summed E-state index contributed by atoms with van der Waals surface area (Å²) in [7, 11) is 3.24. The molecule has 3 aromatic rings. The summed E-state index contributed by atoms with van der Waals surface area (Å²) < 4.78 is 24.0. The molecular weight excluding hydrogens is 712 g/mol. The molecule has 1 heterocycles. The van der Waals surface area contributed by atoms with E-state index >= 15 is 0 Å². The second-order valence-electron chi connectivity index (χ2n) is 14.3. The number of nitrogens with one attached hydrogen (secondary N) is 1. The van der Waals surface area contributed by atoms with E-state index in [2.05, 4.69) is 11.2 Å². The topological polar surface area (TPSA) is 141 Å². The number of methoxy groups -OCH3 is 2. The van der Waals surface area contributed by atoms with Crippen molar-refractivity contribution < 1.29 is 43.2 Å². The number of likely N-dealkylation sites (tertiary alicyclic amines) is 1. The summed E-state index contributed by atoms with van der Waals surface area (Å²) in [6.45, 7) is 1.67. The summed E-state index contributed by atoms with van der Waals surface area (Å²) in [6.07, 6.45) is 11.2. The molecular formula is C45H56N2O9. The number of rotatable bonds is 23. The highest BCUT2D eigenvalue weighted by molar-refractivity contribution is 5.77. The van der Waals surface area contributed by atoms with Gasteiger partial charge < -0.3 is 34.3 Å². The van der Waals surface area contributed by atoms with Crippen molar-refractivity contribution >= 4 is 23.8 Å². The first-order chi connectivity index (χ1) is 27.1. The summed E-state index contributed by atoms with van der Waals surface area (Å²) in [4.78, 5) is 51.2. The van der Waals surface area contributed by atoms with Gasteiger partial charge in [-0.3, -0.25) is 19.2 Å². The maximum Gasteiger partial charge on any atom is 0.306 e. The maximum atomic E-state index is 13.4. The number of benzene rings is 3. The van der Waals surface area contributed by atoms with Gasteiger partial charge in [0, 0.05) is 44.3 Å². The number of hydrogen-bond donors (Lipinski definition) is 2. The first-order valence-electron chi connectivity index (χ1n) is 19.5. The molecule has 1 saturated heterocycles. The Balaban J connectivity index is 1.50. The van der Waals surface area contributed by atoms with Gasteiger partial charge in [-0.05, 0) is 79.5 Å². The van der Waals surface area contributed by atoms with E-state index in [0.717, 1.165) is 42.4 Å². The second-order valence-corrected chi connectivity index (χ2v) is 14.3. The number of piperidine rings is 1. The number of unbranched alkanes of at least 4 members (excludes halogenated alkanes) is 4. The molecule has 0 spiro atoms. The van der Waals surface area contributed by atoms with Crippen LogP contribution in [0, 0.1) is 17.8 Å². The van der Waals surface area contributed by atoms with E-state index in [9.17, 15) is 19.2 Å². The molecule has 2 N–H and O–H groups in total. The number of esters is 1. The van der Waals surface area contributed by atoms with Crippen molar-refractivity contribution in [3.8, 4) is 23.8 Å². The number of nitrogens with zero attached hydrogens (tertiary/aromatic N) is 1. The van der Waals surface area contributed by atoms with Crippen LogP contribution in [0.5, 0.6) is 11.5 Å². The fourth-order valence-corrected chi connectivity index (χ4v) is 6.98. The van der Waals surface area contributed by atoms with Crippen LogP contribution >= 0.6 is 0 Å². The van der Waals surface area contributed by atoms with Crippen molar-refractivity contribution in [3.63, 3.8) is 0 Å². The highest BCUT2D eigenvalue weighted by Gasteiger charge is 2.44. The molecule has 300 valence electrons. The zero-order valence-corrected chi connectivity index (χ0v) is 32.8. The Morgan fingerprint density at radius 1 is 0.750 bits per heavy atom. The molecule has 1 aliphatic heterocycles. The van der Waals surface area contributed by atoms with Gasteiger partial charge in [0.1, 0.15) is 17.1 Å². The fraction of sp³-hybridized carbons (Fsp3) is 0.467. The van der Waals surface area contributed by atoms with E-state index in [1.54, 1.807) is 14.2 Å². The lowest BCUT2D eigenvalue weighted by Gasteiger charge is -2.44. The molecule has 2 amide bonds. The molecule has 0 saturated carbocycles. The van der Waals surface area contributed by atoms with E-state index in [1.165, 1.54) is 0 Å². The van der Waals surface area contributed by atoms with Crippen molar-refractivity contribution in [1.29, 1.82) is 0 Å². The van der Waals surface area contributed by atoms with Crippen molar-refractivity contribution in [2.45, 2.75) is 82.7 Å². The quantitative estimate of drug-likeness (QED) is 0.0457. The standard InChI is InChI=1S/C45H56N2O9/c1-4-5-6-11-16-40(48)46-30-13-8-12-17-41(49)47-31-28-44(29-32-47,33-55-43(52)27-26-42(50)51)34-56-45(35-14-9-7-10-15-35,36-18-22-38(53-2)23-19-36)37-20-24-39(54-3)25-21-37/h1,7,9-10,14-15,18-25H,5-6,8,11-13,16-17,26-34H2,2-3H3,(H,46,48)(H,50,51). The predicted molar refractivity (Wildman–Crippen MR) is 213 cm³/mol. The minimum atomic E-state index is -1.10. The Labute approximate surface area is 331 Å². The minimum absolute atomic E-state index is 0.0131. The molecule has 0 radical (unpaired) electrons. The number of carbonyl (C=O) groups excluding carboxylic acids is 3. The zero-order chi connectivity index (χ0) is 40.2. The van der Waals surface area contributed by atoms with Gasteiger partial charge in [0.25, 0.3) is 0 Å². The van der Waals surface area contributed by atoms with Gasteiger partial charge in [-0.2, -0.15) is 0 Å². The molecule has 56 heavy (non-hydrogen) atoms. The molecule has 4 rings (SSSR count). The zero-order valence-electron chi connectivity index (χ0n) is 32.8. The van der Waals surface area contributed by atoms with E-state index in [4.69, 9.17) is 30.5 Å². The number of carbonyl (C=O) groups is 4. The Kier molecular flexibility index (Phi) is 17.3. The molecule has 11 nitrogen and oxygen atoms in total. The Bertz CT molecular complexity index is 1680. The van der Waals surface area contributed by atoms with Crippen molar-refractivity contribution in [1.82, 2.24) is 10.2 Å². The lowest BCUT2D eigenvalue weighted by atomic mass is 9.77. The lowest BCUT2D eigenvalue weighted by Crippen LogP contribution is -2.49. The molecule has 0 atom stereocenters. The van der Waals surface area contributed by atoms with Crippen molar-refractivity contribution in [3.05, 3.63) is 95.6 Å². The van der Waals surface area contributed by atoms with Crippen LogP contribution < -0.4 is 14.8 Å². The fourth-order valence-electron chi connectivity index (χ4n) is 6.98. The van der Waals surface area contributed by atoms with E-state index in [0.29, 0.717) is 69.7 Å². The summed E-state index contributed by atoms with van der Waals surface area (Å²) in [5.41, 5.74) is 0.824. The van der Waals surface area contributed by atoms with Gasteiger partial charge in [-0.1, -0.05) is 61.0 Å². The minimum Gasteiger partial charge on any atom is -0.497 e. The van der Waals surface area contributed by atoms with Crippen LogP contribution in [0.15, 0.2) is 78.9 Å². The van der Waals surface area contributed by atoms with Gasteiger partial charge in [0.15, 0.2) is 0 Å². The highest BCUT2D eigenvalue weighted by atomic mass is 16.5. The van der Waals surface area contributed by atoms with E-state index in [-0.39, 0.29) is 37.9 Å². The van der Waals surface area contributed by atoms with Crippen molar-refractivity contribution in [2.24, 2.45) is 5.41 Å². The van der Waals surface area contributed by atoms with Crippen LogP contribution in [0.1, 0.15) is 93.7 Å². The van der Waals surface area contributed by atoms with E-state index in [1.807, 2.05) is 83.8 Å². The number of ether oxygens (including phenoxy) is 4. The largest absolute Gasteiger partial charge is 0.497 e. The van der Waals surface area contributed by atoms with Gasteiger partial charge in [-0.15, -0.1) is 12.3 Å². The number of amides is 2. The van der Waals surface area contributed by atoms with Gasteiger partial charge in [-0.25, -0.2) is 0 Å². The van der Waals surface area contributed by atoms with Crippen LogP contribution in [0.4, 0.5) is 0 Å². The molecule has 1 fully saturated rings. The van der Waals surface area contributed by atoms with Crippen molar-refractivity contribution in [2.75, 3.05) is 47.1 Å². The lowest BCUT2D eigenvalue weighted by molar-refractivity contribution is -0.157. The molecule has 0 bridgehead atoms. The monoisotopic (exact) mass is 768 g/mol. The average molecular weight is 769 g/mol. The summed E-state index contributed by atoms with van der Waals surface area (Å²) in [5.74, 6) is 2.40. The summed E-state index contributed by atoms with van der Waals surface area (Å²) in [6, 6.07) is 25.4. The third kappa shape index (κ3) is 12.6. The number of carboxylic acid groups (broad SMARTS) is 1. The Hall–Kier alpha value is -5.34. The van der Waals surface area contributed by atoms with Crippen LogP contribution in [0.3, 0.4) is 0 Å². The molecule has 0 unspecified atom stereocenters. The number of hydrogen-bond acceptors (Lipinski definition) is 8. The van der Waals surface area contributed by atoms with Gasteiger partial charge in [0.05, 0.1) is 40.3 Å². The summed E-state index contributed by atoms with van der Waals surface area (Å²) >= 11 is 0. The molecule has 11 heteroatoms. The Morgan fingerprint density at radius 3 is 1.91 bits per heavy atom. The van der Waals surface area contributed by atoms with E-state index < -0.39 is 23.0 Å². The third-order valence-electron chi connectivity index (χ3n) is 10.4. The second kappa shape index (κ2) is 22.3. The van der Waals surface area contributed by atoms with Gasteiger partial charge >= 0.3 is 11.9 Å². The maximum absolute atomic E-state index is 13.4. The van der Waals surface area contributed by atoms with Crippen LogP contribution in [0.2, 0.25) is 0 Å². The average Bonchev–Trinajstić information content (AvgIpc) is 3.23. The molecule has 3 aromatic carbocycles.